The molecule has 8 atom stereocenters. The molecule has 1 aromatic heterocycles. The molecule has 2 aromatic rings. The highest BCUT2D eigenvalue weighted by Crippen LogP contribution is 2.96. The van der Waals surface area contributed by atoms with Crippen LogP contribution in [0.15, 0.2) is 39.9 Å². The van der Waals surface area contributed by atoms with Crippen LogP contribution in [0.4, 0.5) is 0 Å². The summed E-state index contributed by atoms with van der Waals surface area (Å²) in [5.74, 6) is 1.52. The van der Waals surface area contributed by atoms with E-state index in [1.165, 1.54) is 4.57 Å². The third-order valence-corrected chi connectivity index (χ3v) is 7.60. The molecule has 0 saturated heterocycles. The Morgan fingerprint density at radius 3 is 2.38 bits per heavy atom. The Hall–Kier alpha value is -2.57. The number of aromatic nitrogens is 3. The van der Waals surface area contributed by atoms with Crippen molar-refractivity contribution in [3.8, 4) is 5.69 Å². The van der Waals surface area contributed by atoms with Crippen LogP contribution in [0.1, 0.15) is 12.1 Å². The van der Waals surface area contributed by atoms with Gasteiger partial charge in [0.05, 0.1) is 23.2 Å². The molecule has 4 fully saturated rings. The van der Waals surface area contributed by atoms with E-state index in [1.807, 2.05) is 6.07 Å². The Morgan fingerprint density at radius 2 is 1.67 bits per heavy atom. The van der Waals surface area contributed by atoms with E-state index in [-0.39, 0.29) is 35.3 Å². The first-order valence-corrected chi connectivity index (χ1v) is 8.43. The molecule has 8 rings (SSSR count). The topological polar surface area (TPSA) is 92.0 Å². The lowest BCUT2D eigenvalue weighted by Crippen LogP contribution is -2.52. The Morgan fingerprint density at radius 1 is 0.958 bits per heavy atom. The molecular weight excluding hydrogens is 308 g/mol. The lowest BCUT2D eigenvalue weighted by atomic mass is 9.78. The number of benzene rings is 1. The minimum absolute atomic E-state index is 0.0207. The van der Waals surface area contributed by atoms with Gasteiger partial charge in [-0.25, -0.2) is 23.5 Å². The molecule has 2 bridgehead atoms. The molecule has 4 saturated carbocycles. The largest absolute Gasteiger partial charge is 0.369 e. The first-order chi connectivity index (χ1) is 11.6. The van der Waals surface area contributed by atoms with Gasteiger partial charge < -0.3 is 5.73 Å². The number of carbonyl (C=O) groups is 1. The summed E-state index contributed by atoms with van der Waals surface area (Å²) in [4.78, 5) is 38.4. The number of nitrogens with two attached hydrogens (primary N) is 1. The van der Waals surface area contributed by atoms with E-state index in [4.69, 9.17) is 5.73 Å². The molecular formula is C17H14N4O3. The van der Waals surface area contributed by atoms with Gasteiger partial charge in [0.2, 0.25) is 5.91 Å². The number of amides is 1. The van der Waals surface area contributed by atoms with Crippen LogP contribution in [-0.4, -0.2) is 19.8 Å². The Labute approximate surface area is 135 Å². The minimum Gasteiger partial charge on any atom is -0.369 e. The molecule has 2 aliphatic heterocycles. The maximum absolute atomic E-state index is 13.1. The Bertz CT molecular complexity index is 1100. The summed E-state index contributed by atoms with van der Waals surface area (Å²) < 4.78 is 4.47. The number of hydrogen-bond donors (Lipinski definition) is 1. The molecule has 120 valence electrons. The molecule has 1 aromatic carbocycles. The van der Waals surface area contributed by atoms with E-state index in [0.29, 0.717) is 29.4 Å². The molecule has 0 radical (unpaired) electrons. The Kier molecular flexibility index (Phi) is 1.50. The normalized spacial score (nSPS) is 46.8. The fourth-order valence-corrected chi connectivity index (χ4v) is 7.16. The molecule has 7 nitrogen and oxygen atoms in total. The summed E-state index contributed by atoms with van der Waals surface area (Å²) in [6, 6.07) is 8.74. The summed E-state index contributed by atoms with van der Waals surface area (Å²) >= 11 is 0. The van der Waals surface area contributed by atoms with Gasteiger partial charge >= 0.3 is 11.4 Å². The number of carbonyl (C=O) groups excluding carboxylic acids is 1. The second-order valence-corrected chi connectivity index (χ2v) is 7.94. The van der Waals surface area contributed by atoms with Crippen LogP contribution in [0.2, 0.25) is 0 Å². The molecule has 6 aliphatic rings. The van der Waals surface area contributed by atoms with Gasteiger partial charge in [-0.05, 0) is 35.8 Å². The predicted molar refractivity (Wildman–Crippen MR) is 81.4 cm³/mol. The summed E-state index contributed by atoms with van der Waals surface area (Å²) in [7, 11) is 0. The summed E-state index contributed by atoms with van der Waals surface area (Å²) in [5, 5.41) is 0. The second-order valence-electron chi connectivity index (χ2n) is 7.94. The van der Waals surface area contributed by atoms with Gasteiger partial charge in [0, 0.05) is 5.92 Å². The van der Waals surface area contributed by atoms with Gasteiger partial charge in [-0.2, -0.15) is 0 Å². The van der Waals surface area contributed by atoms with Gasteiger partial charge in [-0.1, -0.05) is 18.2 Å². The van der Waals surface area contributed by atoms with Crippen LogP contribution >= 0.6 is 0 Å². The van der Waals surface area contributed by atoms with Gasteiger partial charge in [-0.3, -0.25) is 4.79 Å². The van der Waals surface area contributed by atoms with E-state index in [0.717, 1.165) is 0 Å². The zero-order chi connectivity index (χ0) is 16.1. The number of primary amides is 1. The number of rotatable bonds is 2. The van der Waals surface area contributed by atoms with Crippen LogP contribution in [0.5, 0.6) is 0 Å². The quantitative estimate of drug-likeness (QED) is 0.808. The van der Waals surface area contributed by atoms with E-state index in [1.54, 1.807) is 33.6 Å². The van der Waals surface area contributed by atoms with Crippen LogP contribution in [0.3, 0.4) is 0 Å². The van der Waals surface area contributed by atoms with Crippen molar-refractivity contribution in [3.05, 3.63) is 51.3 Å². The van der Waals surface area contributed by atoms with Gasteiger partial charge in [0.1, 0.15) is 0 Å². The third-order valence-electron chi connectivity index (χ3n) is 7.60. The van der Waals surface area contributed by atoms with E-state index in [2.05, 4.69) is 0 Å². The third kappa shape index (κ3) is 0.825. The van der Waals surface area contributed by atoms with Gasteiger partial charge in [0.15, 0.2) is 0 Å². The highest BCUT2D eigenvalue weighted by molar-refractivity contribution is 5.89. The van der Waals surface area contributed by atoms with Crippen molar-refractivity contribution in [2.24, 2.45) is 40.7 Å². The first-order valence-electron chi connectivity index (χ1n) is 8.43. The number of para-hydroxylation sites is 1. The van der Waals surface area contributed by atoms with E-state index in [9.17, 15) is 14.4 Å². The molecule has 24 heavy (non-hydrogen) atoms. The molecule has 7 heteroatoms. The van der Waals surface area contributed by atoms with Crippen LogP contribution in [0.25, 0.3) is 5.69 Å². The van der Waals surface area contributed by atoms with Crippen molar-refractivity contribution in [2.45, 2.75) is 12.1 Å². The first kappa shape index (κ1) is 11.9. The van der Waals surface area contributed by atoms with Crippen LogP contribution < -0.4 is 17.1 Å². The predicted octanol–water partition coefficient (Wildman–Crippen LogP) is -0.496. The highest BCUT2D eigenvalue weighted by atomic mass is 16.2. The number of hydrogen-bond acceptors (Lipinski definition) is 3. The SMILES string of the molecule is NC(=O)[C@]12[C@@H]3[C@@H]4[C@@H]5[C@@H]4[C@H]1n1c(=O)n(-c4ccccc4)c(=O)n1[C@H]5[C@H]32. The van der Waals surface area contributed by atoms with Crippen LogP contribution in [-0.2, 0) is 4.79 Å². The summed E-state index contributed by atoms with van der Waals surface area (Å²) in [6.45, 7) is 0. The molecule has 0 unspecified atom stereocenters. The molecule has 4 aliphatic carbocycles. The van der Waals surface area contributed by atoms with Crippen molar-refractivity contribution in [3.63, 3.8) is 0 Å². The average molecular weight is 322 g/mol. The molecule has 1 amide bonds. The molecule has 2 N–H and O–H groups in total. The zero-order valence-electron chi connectivity index (χ0n) is 12.6. The van der Waals surface area contributed by atoms with E-state index >= 15 is 0 Å². The standard InChI is InChI=1S/C17H14N4O3/c18-14(22)17-10-7-8-9(7)13(17)21-16(24)19(6-4-2-1-3-5-6)15(23)20(21)12(8)11(10)17/h1-5,7-13H,(H2,18,22)/t7-,8-,9-,10-,11+,12-,13-,17+/m1/s1. The minimum atomic E-state index is -0.562. The van der Waals surface area contributed by atoms with Crippen molar-refractivity contribution in [1.29, 1.82) is 0 Å². The molecule has 3 heterocycles. The highest BCUT2D eigenvalue weighted by Gasteiger charge is 2.99. The van der Waals surface area contributed by atoms with Crippen molar-refractivity contribution in [1.82, 2.24) is 13.9 Å². The maximum atomic E-state index is 13.1. The fraction of sp³-hybridized carbons (Fsp3) is 0.471. The van der Waals surface area contributed by atoms with Gasteiger partial charge in [0.25, 0.3) is 0 Å². The van der Waals surface area contributed by atoms with Crippen molar-refractivity contribution < 1.29 is 4.79 Å². The Balaban J connectivity index is 1.56. The lowest BCUT2D eigenvalue weighted by Gasteiger charge is -2.41. The van der Waals surface area contributed by atoms with Gasteiger partial charge in [-0.15, -0.1) is 0 Å². The summed E-state index contributed by atoms with van der Waals surface area (Å²) in [6.07, 6.45) is 0. The van der Waals surface area contributed by atoms with Crippen molar-refractivity contribution in [2.75, 3.05) is 0 Å². The monoisotopic (exact) mass is 322 g/mol. The maximum Gasteiger partial charge on any atom is 0.352 e. The molecule has 0 spiro atoms. The van der Waals surface area contributed by atoms with Crippen LogP contribution in [0, 0.1) is 35.0 Å². The zero-order valence-corrected chi connectivity index (χ0v) is 12.6. The smallest absolute Gasteiger partial charge is 0.352 e. The lowest BCUT2D eigenvalue weighted by molar-refractivity contribution is -0.129. The fourth-order valence-electron chi connectivity index (χ4n) is 7.16. The summed E-state index contributed by atoms with van der Waals surface area (Å²) in [5.41, 5.74) is 5.17. The average Bonchev–Trinajstić information content (AvgIpc) is 3.37. The number of nitrogens with zero attached hydrogens (tertiary/aromatic N) is 3. The van der Waals surface area contributed by atoms with E-state index < -0.39 is 5.41 Å². The second kappa shape index (κ2) is 3.03. The van der Waals surface area contributed by atoms with Crippen molar-refractivity contribution >= 4 is 5.91 Å².